The molecule has 3 heteroatoms. The molecule has 2 saturated heterocycles. The SMILES string of the molecule is [CH3][Sn]([CH3])([CH3])/[CH]=C1\B(n2cccc2)C2CCCC1CCC2. The number of allylic oxidation sites excluding steroid dienone is 1. The molecule has 0 N–H and O–H groups in total. The maximum absolute atomic E-state index is 2.81. The van der Waals surface area contributed by atoms with E-state index >= 15 is 0 Å². The first-order valence-corrected chi connectivity index (χ1v) is 18.6. The molecule has 1 nitrogen and oxygen atoms in total. The molecule has 0 atom stereocenters. The van der Waals surface area contributed by atoms with Gasteiger partial charge in [-0.1, -0.05) is 0 Å². The van der Waals surface area contributed by atoms with Crippen molar-refractivity contribution in [2.24, 2.45) is 5.92 Å². The molecular weight excluding hydrogens is 348 g/mol. The van der Waals surface area contributed by atoms with Crippen molar-refractivity contribution >= 4 is 25.2 Å². The van der Waals surface area contributed by atoms with Gasteiger partial charge < -0.3 is 0 Å². The first kappa shape index (κ1) is 14.8. The van der Waals surface area contributed by atoms with E-state index in [1.807, 2.05) is 5.47 Å². The van der Waals surface area contributed by atoms with Crippen molar-refractivity contribution in [3.63, 3.8) is 0 Å². The zero-order chi connectivity index (χ0) is 14.2. The predicted molar refractivity (Wildman–Crippen MR) is 92.0 cm³/mol. The van der Waals surface area contributed by atoms with Crippen LogP contribution in [0.25, 0.3) is 0 Å². The predicted octanol–water partition coefficient (Wildman–Crippen LogP) is 5.02. The van der Waals surface area contributed by atoms with Crippen LogP contribution in [0.4, 0.5) is 0 Å². The third-order valence-electron chi connectivity index (χ3n) is 5.06. The Balaban J connectivity index is 2.07. The van der Waals surface area contributed by atoms with E-state index in [0.717, 1.165) is 11.7 Å². The molecule has 1 aromatic heterocycles. The van der Waals surface area contributed by atoms with Crippen molar-refractivity contribution in [2.75, 3.05) is 0 Å². The zero-order valence-electron chi connectivity index (χ0n) is 13.3. The third-order valence-corrected chi connectivity index (χ3v) is 8.49. The minimum atomic E-state index is -1.90. The second-order valence-electron chi connectivity index (χ2n) is 7.90. The molecule has 0 aliphatic carbocycles. The molecule has 20 heavy (non-hydrogen) atoms. The van der Waals surface area contributed by atoms with E-state index < -0.39 is 18.4 Å². The number of rotatable bonds is 2. The van der Waals surface area contributed by atoms with E-state index in [2.05, 4.69) is 47.9 Å². The Morgan fingerprint density at radius 1 is 1.05 bits per heavy atom. The van der Waals surface area contributed by atoms with Crippen LogP contribution in [0.2, 0.25) is 20.6 Å². The Hall–Kier alpha value is -0.116. The van der Waals surface area contributed by atoms with Gasteiger partial charge in [0.25, 0.3) is 0 Å². The molecule has 3 heterocycles. The standard InChI is InChI=1S/C14H19BN.3CH3.Sn/c1-12-13-6-4-8-14(9-5-7-13)15(12)16-10-2-3-11-16;;;;/h1-3,10-11,13-14H,4-9H2;3*1H3;. The Morgan fingerprint density at radius 2 is 1.65 bits per heavy atom. The summed E-state index contributed by atoms with van der Waals surface area (Å²) in [6.45, 7) is 0.677. The molecule has 0 saturated carbocycles. The molecule has 0 radical (unpaired) electrons. The van der Waals surface area contributed by atoms with Gasteiger partial charge >= 0.3 is 129 Å². The van der Waals surface area contributed by atoms with Gasteiger partial charge in [-0.2, -0.15) is 0 Å². The summed E-state index contributed by atoms with van der Waals surface area (Å²) < 4.78 is 5.34. The van der Waals surface area contributed by atoms with Crippen LogP contribution in [0.15, 0.2) is 34.1 Å². The van der Waals surface area contributed by atoms with Crippen molar-refractivity contribution in [3.8, 4) is 0 Å². The topological polar surface area (TPSA) is 4.93 Å². The van der Waals surface area contributed by atoms with E-state index in [0.29, 0.717) is 6.85 Å². The molecule has 2 aliphatic heterocycles. The Bertz CT molecular complexity index is 462. The number of hydrogen-bond acceptors (Lipinski definition) is 0. The number of nitrogens with zero attached hydrogens (tertiary/aromatic N) is 1. The van der Waals surface area contributed by atoms with Crippen LogP contribution in [0.5, 0.6) is 0 Å². The van der Waals surface area contributed by atoms with Crippen LogP contribution in [-0.2, 0) is 0 Å². The average Bonchev–Trinajstić information content (AvgIpc) is 2.72. The molecule has 0 aromatic carbocycles. The van der Waals surface area contributed by atoms with Gasteiger partial charge in [-0.3, -0.25) is 0 Å². The van der Waals surface area contributed by atoms with Crippen molar-refractivity contribution < 1.29 is 0 Å². The van der Waals surface area contributed by atoms with Gasteiger partial charge in [0, 0.05) is 0 Å². The molecule has 1 aromatic rings. The van der Waals surface area contributed by atoms with Crippen molar-refractivity contribution in [1.82, 2.24) is 4.48 Å². The van der Waals surface area contributed by atoms with E-state index in [1.54, 1.807) is 0 Å². The number of fused-ring (bicyclic) bond motifs is 3. The number of aromatic nitrogens is 1. The van der Waals surface area contributed by atoms with Gasteiger partial charge in [-0.05, 0) is 0 Å². The van der Waals surface area contributed by atoms with Gasteiger partial charge in [0.2, 0.25) is 0 Å². The minimum absolute atomic E-state index is 0.677. The summed E-state index contributed by atoms with van der Waals surface area (Å²) in [5, 5.41) is 0. The van der Waals surface area contributed by atoms with Gasteiger partial charge in [0.05, 0.1) is 0 Å². The van der Waals surface area contributed by atoms with Gasteiger partial charge in [0.15, 0.2) is 0 Å². The van der Waals surface area contributed by atoms with E-state index in [-0.39, 0.29) is 0 Å². The van der Waals surface area contributed by atoms with Crippen LogP contribution >= 0.6 is 0 Å². The monoisotopic (exact) mass is 377 g/mol. The van der Waals surface area contributed by atoms with E-state index in [4.69, 9.17) is 0 Å². The van der Waals surface area contributed by atoms with Crippen molar-refractivity contribution in [2.45, 2.75) is 59.2 Å². The van der Waals surface area contributed by atoms with Crippen molar-refractivity contribution in [1.29, 1.82) is 0 Å². The first-order chi connectivity index (χ1) is 9.54. The maximum atomic E-state index is 2.81. The molecular formula is C17H28BNSn. The molecule has 2 bridgehead atoms. The van der Waals surface area contributed by atoms with E-state index in [9.17, 15) is 0 Å². The van der Waals surface area contributed by atoms with Gasteiger partial charge in [-0.15, -0.1) is 0 Å². The number of hydrogen-bond donors (Lipinski definition) is 0. The molecule has 3 rings (SSSR count). The Morgan fingerprint density at radius 3 is 2.20 bits per heavy atom. The fourth-order valence-corrected chi connectivity index (χ4v) is 8.37. The molecule has 2 fully saturated rings. The summed E-state index contributed by atoms with van der Waals surface area (Å²) in [7, 11) is 0. The zero-order valence-corrected chi connectivity index (χ0v) is 16.2. The molecule has 2 aliphatic rings. The quantitative estimate of drug-likeness (QED) is 0.639. The van der Waals surface area contributed by atoms with Crippen LogP contribution < -0.4 is 0 Å². The Labute approximate surface area is 128 Å². The van der Waals surface area contributed by atoms with E-state index in [1.165, 1.54) is 38.5 Å². The molecule has 0 unspecified atom stereocenters. The fraction of sp³-hybridized carbons (Fsp3) is 0.647. The van der Waals surface area contributed by atoms with Crippen LogP contribution in [0, 0.1) is 5.92 Å². The molecule has 0 amide bonds. The fourth-order valence-electron chi connectivity index (χ4n) is 4.36. The Kier molecular flexibility index (Phi) is 4.40. The summed E-state index contributed by atoms with van der Waals surface area (Å²) in [6, 6.07) is 4.40. The summed E-state index contributed by atoms with van der Waals surface area (Å²) in [6.07, 6.45) is 13.3. The average molecular weight is 376 g/mol. The summed E-state index contributed by atoms with van der Waals surface area (Å²) in [5.74, 6) is 1.76. The molecule has 0 spiro atoms. The van der Waals surface area contributed by atoms with Crippen LogP contribution in [0.1, 0.15) is 38.5 Å². The third kappa shape index (κ3) is 3.20. The van der Waals surface area contributed by atoms with Crippen LogP contribution in [-0.4, -0.2) is 29.7 Å². The first-order valence-electron chi connectivity index (χ1n) is 8.40. The van der Waals surface area contributed by atoms with Gasteiger partial charge in [-0.25, -0.2) is 0 Å². The molecule has 108 valence electrons. The normalized spacial score (nSPS) is 29.6. The summed E-state index contributed by atoms with van der Waals surface area (Å²) in [4.78, 5) is 7.68. The van der Waals surface area contributed by atoms with Crippen molar-refractivity contribution in [3.05, 3.63) is 34.1 Å². The van der Waals surface area contributed by atoms with Gasteiger partial charge in [0.1, 0.15) is 0 Å². The second kappa shape index (κ2) is 5.94. The summed E-state index contributed by atoms with van der Waals surface area (Å²) in [5.41, 5.74) is 1.84. The van der Waals surface area contributed by atoms with Crippen LogP contribution in [0.3, 0.4) is 0 Å². The summed E-state index contributed by atoms with van der Waals surface area (Å²) >= 11 is -1.90. The second-order valence-corrected chi connectivity index (χ2v) is 22.2.